The first-order valence-electron chi connectivity index (χ1n) is 9.55. The van der Waals surface area contributed by atoms with Gasteiger partial charge in [-0.1, -0.05) is 12.1 Å². The quantitative estimate of drug-likeness (QED) is 0.368. The Balaban J connectivity index is 1.33. The Labute approximate surface area is 178 Å². The predicted octanol–water partition coefficient (Wildman–Crippen LogP) is 6.14. The summed E-state index contributed by atoms with van der Waals surface area (Å²) in [6, 6.07) is 22.6. The Morgan fingerprint density at radius 1 is 0.967 bits per heavy atom. The molecule has 30 heavy (non-hydrogen) atoms. The predicted molar refractivity (Wildman–Crippen MR) is 121 cm³/mol. The number of hydrogen-bond donors (Lipinski definition) is 1. The molecule has 4 aromatic rings. The fourth-order valence-electron chi connectivity index (χ4n) is 2.81. The van der Waals surface area contributed by atoms with Crippen molar-refractivity contribution in [2.45, 2.75) is 6.92 Å². The number of thiazole rings is 1. The van der Waals surface area contributed by atoms with Gasteiger partial charge in [0.1, 0.15) is 22.3 Å². The second kappa shape index (κ2) is 9.24. The van der Waals surface area contributed by atoms with E-state index in [0.717, 1.165) is 21.0 Å². The van der Waals surface area contributed by atoms with Gasteiger partial charge in [-0.05, 0) is 73.7 Å². The first kappa shape index (κ1) is 19.7. The summed E-state index contributed by atoms with van der Waals surface area (Å²) in [6.07, 6.45) is 3.21. The number of anilines is 1. The van der Waals surface area contributed by atoms with Crippen LogP contribution in [0.25, 0.3) is 16.3 Å². The Kier molecular flexibility index (Phi) is 6.06. The van der Waals surface area contributed by atoms with E-state index in [4.69, 9.17) is 9.47 Å². The van der Waals surface area contributed by atoms with E-state index in [9.17, 15) is 4.79 Å². The highest BCUT2D eigenvalue weighted by molar-refractivity contribution is 7.19. The number of nitrogens with zero attached hydrogens (tertiary/aromatic N) is 1. The van der Waals surface area contributed by atoms with Gasteiger partial charge in [0, 0.05) is 11.8 Å². The van der Waals surface area contributed by atoms with Crippen molar-refractivity contribution in [2.75, 3.05) is 11.9 Å². The standard InChI is InChI=1S/C24H20N2O3S/c1-2-28-18-11-13-20(14-12-18)29-19-9-7-17(8-10-19)25-23(27)15-16-24-26-21-5-3-4-6-22(21)30-24/h3-16H,2H2,1H3,(H,25,27)/b16-15+. The number of aromatic nitrogens is 1. The largest absolute Gasteiger partial charge is 0.494 e. The number of nitrogens with one attached hydrogen (secondary N) is 1. The molecule has 0 radical (unpaired) electrons. The molecule has 4 rings (SSSR count). The highest BCUT2D eigenvalue weighted by Crippen LogP contribution is 2.25. The fraction of sp³-hybridized carbons (Fsp3) is 0.0833. The lowest BCUT2D eigenvalue weighted by atomic mass is 10.3. The van der Waals surface area contributed by atoms with Crippen LogP contribution < -0.4 is 14.8 Å². The van der Waals surface area contributed by atoms with Crippen LogP contribution in [0.3, 0.4) is 0 Å². The normalized spacial score (nSPS) is 11.0. The van der Waals surface area contributed by atoms with E-state index < -0.39 is 0 Å². The SMILES string of the molecule is CCOc1ccc(Oc2ccc(NC(=O)/C=C/c3nc4ccccc4s3)cc2)cc1. The Bertz CT molecular complexity index is 1130. The lowest BCUT2D eigenvalue weighted by Gasteiger charge is -2.08. The number of hydrogen-bond acceptors (Lipinski definition) is 5. The van der Waals surface area contributed by atoms with Crippen LogP contribution in [0.1, 0.15) is 11.9 Å². The first-order chi connectivity index (χ1) is 14.7. The Morgan fingerprint density at radius 3 is 2.33 bits per heavy atom. The molecule has 150 valence electrons. The molecule has 3 aromatic carbocycles. The monoisotopic (exact) mass is 416 g/mol. The molecule has 1 aromatic heterocycles. The number of fused-ring (bicyclic) bond motifs is 1. The summed E-state index contributed by atoms with van der Waals surface area (Å²) in [6.45, 7) is 2.57. The van der Waals surface area contributed by atoms with Crippen LogP contribution in [0, 0.1) is 0 Å². The van der Waals surface area contributed by atoms with E-state index in [0.29, 0.717) is 23.8 Å². The van der Waals surface area contributed by atoms with Gasteiger partial charge in [-0.2, -0.15) is 0 Å². The molecule has 0 saturated carbocycles. The highest BCUT2D eigenvalue weighted by Gasteiger charge is 2.03. The maximum Gasteiger partial charge on any atom is 0.248 e. The van der Waals surface area contributed by atoms with Crippen molar-refractivity contribution in [3.8, 4) is 17.2 Å². The van der Waals surface area contributed by atoms with Gasteiger partial charge in [-0.15, -0.1) is 11.3 Å². The molecule has 0 bridgehead atoms. The molecule has 1 N–H and O–H groups in total. The molecule has 5 nitrogen and oxygen atoms in total. The second-order valence-electron chi connectivity index (χ2n) is 6.37. The maximum absolute atomic E-state index is 12.2. The minimum absolute atomic E-state index is 0.213. The van der Waals surface area contributed by atoms with Crippen LogP contribution in [-0.2, 0) is 4.79 Å². The van der Waals surface area contributed by atoms with Crippen molar-refractivity contribution in [2.24, 2.45) is 0 Å². The molecule has 0 aliphatic carbocycles. The smallest absolute Gasteiger partial charge is 0.248 e. The van der Waals surface area contributed by atoms with E-state index in [1.807, 2.05) is 67.6 Å². The zero-order valence-corrected chi connectivity index (χ0v) is 17.2. The van der Waals surface area contributed by atoms with Crippen molar-refractivity contribution in [1.82, 2.24) is 4.98 Å². The lowest BCUT2D eigenvalue weighted by Crippen LogP contribution is -2.07. The van der Waals surface area contributed by atoms with Crippen molar-refractivity contribution in [3.05, 3.63) is 83.9 Å². The second-order valence-corrected chi connectivity index (χ2v) is 7.44. The molecule has 0 aliphatic rings. The van der Waals surface area contributed by atoms with Gasteiger partial charge in [0.2, 0.25) is 5.91 Å². The number of carbonyl (C=O) groups excluding carboxylic acids is 1. The maximum atomic E-state index is 12.2. The molecular weight excluding hydrogens is 396 g/mol. The molecule has 1 amide bonds. The average Bonchev–Trinajstić information content (AvgIpc) is 3.18. The van der Waals surface area contributed by atoms with Crippen molar-refractivity contribution >= 4 is 39.2 Å². The zero-order valence-electron chi connectivity index (χ0n) is 16.4. The van der Waals surface area contributed by atoms with Gasteiger partial charge in [-0.3, -0.25) is 4.79 Å². The van der Waals surface area contributed by atoms with Gasteiger partial charge in [-0.25, -0.2) is 4.98 Å². The number of ether oxygens (including phenoxy) is 2. The summed E-state index contributed by atoms with van der Waals surface area (Å²) >= 11 is 1.55. The molecule has 0 saturated heterocycles. The molecular formula is C24H20N2O3S. The van der Waals surface area contributed by atoms with E-state index in [-0.39, 0.29) is 5.91 Å². The van der Waals surface area contributed by atoms with Gasteiger partial charge < -0.3 is 14.8 Å². The topological polar surface area (TPSA) is 60.5 Å². The molecule has 1 heterocycles. The summed E-state index contributed by atoms with van der Waals surface area (Å²) < 4.78 is 12.3. The number of carbonyl (C=O) groups is 1. The first-order valence-corrected chi connectivity index (χ1v) is 10.4. The molecule has 0 unspecified atom stereocenters. The third-order valence-corrected chi connectivity index (χ3v) is 5.18. The molecule has 0 spiro atoms. The molecule has 6 heteroatoms. The summed E-state index contributed by atoms with van der Waals surface area (Å²) in [5, 5.41) is 3.63. The van der Waals surface area contributed by atoms with Crippen LogP contribution in [0.4, 0.5) is 5.69 Å². The van der Waals surface area contributed by atoms with E-state index in [1.165, 1.54) is 6.08 Å². The van der Waals surface area contributed by atoms with Crippen LogP contribution in [0.15, 0.2) is 78.9 Å². The van der Waals surface area contributed by atoms with Gasteiger partial charge in [0.15, 0.2) is 0 Å². The minimum atomic E-state index is -0.213. The molecule has 0 atom stereocenters. The van der Waals surface area contributed by atoms with E-state index in [2.05, 4.69) is 10.3 Å². The highest BCUT2D eigenvalue weighted by atomic mass is 32.1. The van der Waals surface area contributed by atoms with Gasteiger partial charge in [0.25, 0.3) is 0 Å². The molecule has 0 aliphatic heterocycles. The third-order valence-electron chi connectivity index (χ3n) is 4.18. The molecule has 0 fully saturated rings. The zero-order chi connectivity index (χ0) is 20.8. The summed E-state index contributed by atoms with van der Waals surface area (Å²) in [5.41, 5.74) is 1.62. The van der Waals surface area contributed by atoms with Crippen LogP contribution in [0.5, 0.6) is 17.2 Å². The van der Waals surface area contributed by atoms with Crippen LogP contribution in [-0.4, -0.2) is 17.5 Å². The van der Waals surface area contributed by atoms with E-state index in [1.54, 1.807) is 29.5 Å². The fourth-order valence-corrected chi connectivity index (χ4v) is 3.68. The number of rotatable bonds is 7. The van der Waals surface area contributed by atoms with Crippen molar-refractivity contribution in [1.29, 1.82) is 0 Å². The van der Waals surface area contributed by atoms with Crippen molar-refractivity contribution in [3.63, 3.8) is 0 Å². The van der Waals surface area contributed by atoms with Crippen molar-refractivity contribution < 1.29 is 14.3 Å². The number of benzene rings is 3. The Hall–Kier alpha value is -3.64. The third kappa shape index (κ3) is 5.04. The Morgan fingerprint density at radius 2 is 1.63 bits per heavy atom. The minimum Gasteiger partial charge on any atom is -0.494 e. The van der Waals surface area contributed by atoms with E-state index >= 15 is 0 Å². The summed E-state index contributed by atoms with van der Waals surface area (Å²) in [5.74, 6) is 1.99. The summed E-state index contributed by atoms with van der Waals surface area (Å²) in [4.78, 5) is 16.7. The number of para-hydroxylation sites is 1. The summed E-state index contributed by atoms with van der Waals surface area (Å²) in [7, 11) is 0. The van der Waals surface area contributed by atoms with Gasteiger partial charge >= 0.3 is 0 Å². The lowest BCUT2D eigenvalue weighted by molar-refractivity contribution is -0.111. The van der Waals surface area contributed by atoms with Crippen LogP contribution >= 0.6 is 11.3 Å². The average molecular weight is 417 g/mol. The number of amides is 1. The van der Waals surface area contributed by atoms with Crippen LogP contribution in [0.2, 0.25) is 0 Å². The van der Waals surface area contributed by atoms with Gasteiger partial charge in [0.05, 0.1) is 16.8 Å².